The highest BCUT2D eigenvalue weighted by Crippen LogP contribution is 2.30. The molecule has 1 N–H and O–H groups in total. The van der Waals surface area contributed by atoms with Crippen molar-refractivity contribution < 1.29 is 19.6 Å². The number of aryl methyl sites for hydroxylation is 1. The number of nitro groups is 1. The van der Waals surface area contributed by atoms with Gasteiger partial charge in [0, 0.05) is 10.5 Å². The number of ether oxygens (including phenoxy) is 1. The Balaban J connectivity index is 2.02. The second kappa shape index (κ2) is 9.32. The Morgan fingerprint density at radius 3 is 2.71 bits per heavy atom. The van der Waals surface area contributed by atoms with Crippen LogP contribution in [0.4, 0.5) is 5.69 Å². The second-order valence-electron chi connectivity index (χ2n) is 6.38. The summed E-state index contributed by atoms with van der Waals surface area (Å²) in [4.78, 5) is 22.1. The average Bonchev–Trinajstić information content (AvgIpc) is 2.62. The highest BCUT2D eigenvalue weighted by atomic mass is 79.9. The zero-order chi connectivity index (χ0) is 20.8. The Kier molecular flexibility index (Phi) is 7.11. The predicted molar refractivity (Wildman–Crippen MR) is 107 cm³/mol. The highest BCUT2D eigenvalue weighted by Gasteiger charge is 2.12. The summed E-state index contributed by atoms with van der Waals surface area (Å²) in [5, 5.41) is 26.6. The summed E-state index contributed by atoms with van der Waals surface area (Å²) in [5.41, 5.74) is 3.64. The number of amides is 1. The molecule has 2 rings (SSSR count). The molecule has 9 heteroatoms. The predicted octanol–water partition coefficient (Wildman–Crippen LogP) is 3.39. The van der Waals surface area contributed by atoms with E-state index in [4.69, 9.17) is 4.74 Å². The first-order valence-electron chi connectivity index (χ1n) is 8.39. The molecule has 1 amide bonds. The summed E-state index contributed by atoms with van der Waals surface area (Å²) >= 11 is 3.10. The third-order valence-corrected chi connectivity index (χ3v) is 4.26. The van der Waals surface area contributed by atoms with Gasteiger partial charge in [-0.05, 0) is 47.4 Å². The maximum Gasteiger partial charge on any atom is 0.277 e. The summed E-state index contributed by atoms with van der Waals surface area (Å²) in [6.07, 6.45) is 1.06. The van der Waals surface area contributed by atoms with Crippen LogP contribution in [0.15, 0.2) is 39.9 Å². The number of benzene rings is 2. The van der Waals surface area contributed by atoms with Gasteiger partial charge in [0.2, 0.25) is 0 Å². The van der Waals surface area contributed by atoms with Crippen LogP contribution < -0.4 is 15.3 Å². The minimum Gasteiger partial charge on any atom is -0.867 e. The SMILES string of the molecule is Cc1ccc(C(C)C)c(OCC(=O)N/N=C\c2cc(Br)cc([N+](=O)[O-])c2[O-])c1. The average molecular weight is 449 g/mol. The van der Waals surface area contributed by atoms with Crippen molar-refractivity contribution in [3.63, 3.8) is 0 Å². The van der Waals surface area contributed by atoms with E-state index >= 15 is 0 Å². The Labute approximate surface area is 170 Å². The highest BCUT2D eigenvalue weighted by molar-refractivity contribution is 9.10. The summed E-state index contributed by atoms with van der Waals surface area (Å²) in [5.74, 6) is -0.453. The third kappa shape index (κ3) is 5.53. The van der Waals surface area contributed by atoms with Crippen molar-refractivity contribution in [1.82, 2.24) is 5.43 Å². The van der Waals surface area contributed by atoms with Gasteiger partial charge in [-0.25, -0.2) is 5.43 Å². The molecule has 0 fully saturated rings. The van der Waals surface area contributed by atoms with Gasteiger partial charge < -0.3 is 9.84 Å². The van der Waals surface area contributed by atoms with Crippen molar-refractivity contribution in [2.75, 3.05) is 6.61 Å². The first-order chi connectivity index (χ1) is 13.2. The molecule has 0 aliphatic carbocycles. The van der Waals surface area contributed by atoms with Crippen molar-refractivity contribution >= 4 is 33.7 Å². The lowest BCUT2D eigenvalue weighted by atomic mass is 10.0. The van der Waals surface area contributed by atoms with Crippen molar-refractivity contribution in [3.05, 3.63) is 61.6 Å². The maximum absolute atomic E-state index is 12.0. The molecule has 0 atom stereocenters. The van der Waals surface area contributed by atoms with E-state index in [-0.39, 0.29) is 18.1 Å². The summed E-state index contributed by atoms with van der Waals surface area (Å²) in [7, 11) is 0. The van der Waals surface area contributed by atoms with Gasteiger partial charge in [-0.15, -0.1) is 0 Å². The summed E-state index contributed by atoms with van der Waals surface area (Å²) in [6.45, 7) is 5.72. The number of halogens is 1. The fraction of sp³-hybridized carbons (Fsp3) is 0.263. The standard InChI is InChI=1S/C19H20BrN3O5/c1-11(2)15-5-4-12(3)6-17(15)28-10-18(24)22-21-9-13-7-14(20)8-16(19(13)25)23(26)27/h4-9,11,25H,10H2,1-3H3,(H,22,24)/p-1/b21-9-. The number of carbonyl (C=O) groups is 1. The topological polar surface area (TPSA) is 117 Å². The van der Waals surface area contributed by atoms with E-state index in [0.717, 1.165) is 23.4 Å². The molecular formula is C19H19BrN3O5-. The number of hydrogen-bond donors (Lipinski definition) is 1. The number of hydrogen-bond acceptors (Lipinski definition) is 6. The molecule has 2 aromatic rings. The number of nitrogens with zero attached hydrogens (tertiary/aromatic N) is 2. The number of nitro benzene ring substituents is 1. The molecule has 0 radical (unpaired) electrons. The lowest BCUT2D eigenvalue weighted by Crippen LogP contribution is -2.25. The van der Waals surface area contributed by atoms with Crippen LogP contribution >= 0.6 is 15.9 Å². The number of nitrogens with one attached hydrogen (secondary N) is 1. The molecule has 0 saturated heterocycles. The van der Waals surface area contributed by atoms with Gasteiger partial charge in [-0.2, -0.15) is 5.10 Å². The first-order valence-corrected chi connectivity index (χ1v) is 9.18. The number of hydrazone groups is 1. The van der Waals surface area contributed by atoms with E-state index in [1.807, 2.05) is 39.0 Å². The largest absolute Gasteiger partial charge is 0.867 e. The van der Waals surface area contributed by atoms with E-state index < -0.39 is 22.3 Å². The molecule has 0 saturated carbocycles. The fourth-order valence-corrected chi connectivity index (χ4v) is 2.89. The Morgan fingerprint density at radius 2 is 2.07 bits per heavy atom. The van der Waals surface area contributed by atoms with Crippen LogP contribution in [0.5, 0.6) is 11.5 Å². The molecule has 0 heterocycles. The van der Waals surface area contributed by atoms with Crippen molar-refractivity contribution in [2.24, 2.45) is 5.10 Å². The molecule has 0 unspecified atom stereocenters. The minimum atomic E-state index is -0.788. The molecule has 0 aromatic heterocycles. The van der Waals surface area contributed by atoms with Crippen LogP contribution in [0.25, 0.3) is 0 Å². The minimum absolute atomic E-state index is 0.0249. The van der Waals surface area contributed by atoms with E-state index in [9.17, 15) is 20.0 Å². The molecule has 0 aliphatic heterocycles. The Morgan fingerprint density at radius 1 is 1.36 bits per heavy atom. The second-order valence-corrected chi connectivity index (χ2v) is 7.29. The number of carbonyl (C=O) groups excluding carboxylic acids is 1. The number of rotatable bonds is 7. The van der Waals surface area contributed by atoms with Crippen molar-refractivity contribution in [1.29, 1.82) is 0 Å². The normalized spacial score (nSPS) is 11.0. The van der Waals surface area contributed by atoms with Gasteiger partial charge in [0.25, 0.3) is 11.6 Å². The zero-order valence-electron chi connectivity index (χ0n) is 15.6. The first kappa shape index (κ1) is 21.4. The molecule has 28 heavy (non-hydrogen) atoms. The molecule has 2 aromatic carbocycles. The van der Waals surface area contributed by atoms with Crippen LogP contribution in [-0.2, 0) is 4.79 Å². The van der Waals surface area contributed by atoms with Crippen LogP contribution in [0.2, 0.25) is 0 Å². The van der Waals surface area contributed by atoms with Crippen LogP contribution in [0.3, 0.4) is 0 Å². The fourth-order valence-electron chi connectivity index (χ4n) is 2.42. The van der Waals surface area contributed by atoms with Crippen LogP contribution in [-0.4, -0.2) is 23.7 Å². The lowest BCUT2D eigenvalue weighted by molar-refractivity contribution is -0.398. The Hall–Kier alpha value is -2.94. The van der Waals surface area contributed by atoms with Crippen molar-refractivity contribution in [2.45, 2.75) is 26.7 Å². The quantitative estimate of drug-likeness (QED) is 0.395. The summed E-state index contributed by atoms with van der Waals surface area (Å²) in [6, 6.07) is 8.28. The van der Waals surface area contributed by atoms with Crippen molar-refractivity contribution in [3.8, 4) is 11.5 Å². The van der Waals surface area contributed by atoms with E-state index in [0.29, 0.717) is 10.2 Å². The monoisotopic (exact) mass is 448 g/mol. The third-order valence-electron chi connectivity index (χ3n) is 3.80. The van der Waals surface area contributed by atoms with Crippen LogP contribution in [0, 0.1) is 17.0 Å². The smallest absolute Gasteiger partial charge is 0.277 e. The van der Waals surface area contributed by atoms with Gasteiger partial charge in [0.15, 0.2) is 6.61 Å². The maximum atomic E-state index is 12.0. The Bertz CT molecular complexity index is 928. The van der Waals surface area contributed by atoms with Gasteiger partial charge >= 0.3 is 0 Å². The van der Waals surface area contributed by atoms with E-state index in [2.05, 4.69) is 26.5 Å². The molecular weight excluding hydrogens is 430 g/mol. The van der Waals surface area contributed by atoms with Gasteiger partial charge in [-0.1, -0.05) is 41.9 Å². The molecule has 0 bridgehead atoms. The molecule has 148 valence electrons. The summed E-state index contributed by atoms with van der Waals surface area (Å²) < 4.78 is 5.95. The van der Waals surface area contributed by atoms with Gasteiger partial charge in [0.05, 0.1) is 11.1 Å². The van der Waals surface area contributed by atoms with Gasteiger partial charge in [-0.3, -0.25) is 14.9 Å². The zero-order valence-corrected chi connectivity index (χ0v) is 17.1. The molecule has 0 aliphatic rings. The lowest BCUT2D eigenvalue weighted by Gasteiger charge is -2.14. The molecule has 8 nitrogen and oxygen atoms in total. The van der Waals surface area contributed by atoms with E-state index in [1.54, 1.807) is 0 Å². The van der Waals surface area contributed by atoms with Crippen LogP contribution in [0.1, 0.15) is 36.5 Å². The molecule has 0 spiro atoms. The van der Waals surface area contributed by atoms with E-state index in [1.165, 1.54) is 6.07 Å². The van der Waals surface area contributed by atoms with Gasteiger partial charge in [0.1, 0.15) is 5.75 Å².